The maximum atomic E-state index is 12.2. The quantitative estimate of drug-likeness (QED) is 0.734. The van der Waals surface area contributed by atoms with Crippen LogP contribution in [0.1, 0.15) is 33.6 Å². The van der Waals surface area contributed by atoms with E-state index in [9.17, 15) is 9.59 Å². The summed E-state index contributed by atoms with van der Waals surface area (Å²) in [5.41, 5.74) is 0. The first-order valence-corrected chi connectivity index (χ1v) is 6.25. The molecule has 0 spiro atoms. The minimum absolute atomic E-state index is 0.0426. The second-order valence-corrected chi connectivity index (χ2v) is 4.84. The SMILES string of the molecule is CNC(=O)C(C)N1CCCC(NC(C)C)C1=O. The topological polar surface area (TPSA) is 61.4 Å². The molecule has 0 saturated carbocycles. The van der Waals surface area contributed by atoms with Gasteiger partial charge in [-0.15, -0.1) is 0 Å². The Labute approximate surface area is 103 Å². The second kappa shape index (κ2) is 6.00. The van der Waals surface area contributed by atoms with Crippen LogP contribution >= 0.6 is 0 Å². The van der Waals surface area contributed by atoms with Gasteiger partial charge >= 0.3 is 0 Å². The van der Waals surface area contributed by atoms with E-state index in [1.54, 1.807) is 18.9 Å². The Morgan fingerprint density at radius 2 is 2.06 bits per heavy atom. The van der Waals surface area contributed by atoms with Gasteiger partial charge in [-0.2, -0.15) is 0 Å². The number of nitrogens with one attached hydrogen (secondary N) is 2. The van der Waals surface area contributed by atoms with E-state index in [4.69, 9.17) is 0 Å². The average Bonchev–Trinajstić information content (AvgIpc) is 2.29. The third-order valence-corrected chi connectivity index (χ3v) is 3.10. The lowest BCUT2D eigenvalue weighted by Crippen LogP contribution is -2.57. The van der Waals surface area contributed by atoms with Crippen LogP contribution in [0, 0.1) is 0 Å². The van der Waals surface area contributed by atoms with Gasteiger partial charge in [-0.3, -0.25) is 9.59 Å². The first-order chi connectivity index (χ1) is 7.97. The highest BCUT2D eigenvalue weighted by molar-refractivity contribution is 5.89. The van der Waals surface area contributed by atoms with E-state index in [2.05, 4.69) is 10.6 Å². The molecule has 2 unspecified atom stereocenters. The summed E-state index contributed by atoms with van der Waals surface area (Å²) in [5, 5.41) is 5.84. The molecule has 1 saturated heterocycles. The summed E-state index contributed by atoms with van der Waals surface area (Å²) in [6.07, 6.45) is 1.80. The van der Waals surface area contributed by atoms with Gasteiger partial charge in [-0.05, 0) is 19.8 Å². The minimum Gasteiger partial charge on any atom is -0.357 e. The van der Waals surface area contributed by atoms with Gasteiger partial charge in [0.1, 0.15) is 6.04 Å². The maximum Gasteiger partial charge on any atom is 0.242 e. The standard InChI is InChI=1S/C12H23N3O2/c1-8(2)14-10-6-5-7-15(12(10)17)9(3)11(16)13-4/h8-10,14H,5-7H2,1-4H3,(H,13,16). The predicted octanol–water partition coefficient (Wildman–Crippen LogP) is 0.110. The largest absolute Gasteiger partial charge is 0.357 e. The zero-order valence-corrected chi connectivity index (χ0v) is 11.1. The molecule has 2 N–H and O–H groups in total. The summed E-state index contributed by atoms with van der Waals surface area (Å²) in [4.78, 5) is 25.4. The Kier molecular flexibility index (Phi) is 4.93. The maximum absolute atomic E-state index is 12.2. The van der Waals surface area contributed by atoms with Crippen LogP contribution in [0.25, 0.3) is 0 Å². The molecule has 2 amide bonds. The summed E-state index contributed by atoms with van der Waals surface area (Å²) in [5.74, 6) is -0.0652. The highest BCUT2D eigenvalue weighted by Crippen LogP contribution is 2.15. The van der Waals surface area contributed by atoms with Crippen LogP contribution in [-0.4, -0.2) is 48.4 Å². The van der Waals surface area contributed by atoms with Crippen molar-refractivity contribution in [2.75, 3.05) is 13.6 Å². The molecule has 1 heterocycles. The van der Waals surface area contributed by atoms with Gasteiger partial charge in [-0.25, -0.2) is 0 Å². The van der Waals surface area contributed by atoms with Gasteiger partial charge in [-0.1, -0.05) is 13.8 Å². The van der Waals surface area contributed by atoms with Gasteiger partial charge in [0.15, 0.2) is 0 Å². The number of amides is 2. The molecule has 0 aromatic heterocycles. The van der Waals surface area contributed by atoms with Crippen molar-refractivity contribution in [3.8, 4) is 0 Å². The third-order valence-electron chi connectivity index (χ3n) is 3.10. The van der Waals surface area contributed by atoms with Crippen molar-refractivity contribution >= 4 is 11.8 Å². The molecular weight excluding hydrogens is 218 g/mol. The molecule has 98 valence electrons. The molecule has 0 bridgehead atoms. The normalized spacial score (nSPS) is 22.8. The number of carbonyl (C=O) groups is 2. The lowest BCUT2D eigenvalue weighted by Gasteiger charge is -2.36. The number of likely N-dealkylation sites (tertiary alicyclic amines) is 1. The van der Waals surface area contributed by atoms with Crippen molar-refractivity contribution in [1.29, 1.82) is 0 Å². The average molecular weight is 241 g/mol. The summed E-state index contributed by atoms with van der Waals surface area (Å²) in [6, 6.07) is -0.251. The summed E-state index contributed by atoms with van der Waals surface area (Å²) in [6.45, 7) is 6.49. The molecule has 1 aliphatic heterocycles. The molecule has 5 nitrogen and oxygen atoms in total. The van der Waals surface area contributed by atoms with Crippen molar-refractivity contribution in [3.05, 3.63) is 0 Å². The number of hydrogen-bond donors (Lipinski definition) is 2. The molecule has 0 aromatic carbocycles. The lowest BCUT2D eigenvalue weighted by molar-refractivity contribution is -0.143. The molecule has 17 heavy (non-hydrogen) atoms. The van der Waals surface area contributed by atoms with Crippen LogP contribution in [0.15, 0.2) is 0 Å². The van der Waals surface area contributed by atoms with Crippen LogP contribution in [-0.2, 0) is 9.59 Å². The number of nitrogens with zero attached hydrogens (tertiary/aromatic N) is 1. The molecule has 1 rings (SSSR count). The van der Waals surface area contributed by atoms with Crippen molar-refractivity contribution in [2.24, 2.45) is 0 Å². The third kappa shape index (κ3) is 3.43. The van der Waals surface area contributed by atoms with E-state index < -0.39 is 0 Å². The molecule has 2 atom stereocenters. The molecule has 0 aliphatic carbocycles. The Morgan fingerprint density at radius 1 is 1.41 bits per heavy atom. The van der Waals surface area contributed by atoms with Crippen molar-refractivity contribution < 1.29 is 9.59 Å². The number of carbonyl (C=O) groups excluding carboxylic acids is 2. The van der Waals surface area contributed by atoms with Crippen LogP contribution in [0.2, 0.25) is 0 Å². The fourth-order valence-electron chi connectivity index (χ4n) is 2.19. The van der Waals surface area contributed by atoms with Gasteiger partial charge in [0.2, 0.25) is 11.8 Å². The molecule has 0 aromatic rings. The molecular formula is C12H23N3O2. The fourth-order valence-corrected chi connectivity index (χ4v) is 2.19. The van der Waals surface area contributed by atoms with Crippen LogP contribution < -0.4 is 10.6 Å². The van der Waals surface area contributed by atoms with Crippen molar-refractivity contribution in [3.63, 3.8) is 0 Å². The first kappa shape index (κ1) is 14.0. The lowest BCUT2D eigenvalue weighted by atomic mass is 10.0. The monoisotopic (exact) mass is 241 g/mol. The zero-order chi connectivity index (χ0) is 13.0. The van der Waals surface area contributed by atoms with Crippen LogP contribution in [0.3, 0.4) is 0 Å². The Hall–Kier alpha value is -1.10. The Morgan fingerprint density at radius 3 is 2.59 bits per heavy atom. The molecule has 5 heteroatoms. The van der Waals surface area contributed by atoms with Gasteiger partial charge in [0.25, 0.3) is 0 Å². The van der Waals surface area contributed by atoms with Crippen LogP contribution in [0.5, 0.6) is 0 Å². The van der Waals surface area contributed by atoms with E-state index in [1.165, 1.54) is 0 Å². The number of hydrogen-bond acceptors (Lipinski definition) is 3. The Bertz CT molecular complexity index is 291. The summed E-state index contributed by atoms with van der Waals surface area (Å²) >= 11 is 0. The fraction of sp³-hybridized carbons (Fsp3) is 0.833. The van der Waals surface area contributed by atoms with Gasteiger partial charge in [0, 0.05) is 19.6 Å². The van der Waals surface area contributed by atoms with Gasteiger partial charge in [0.05, 0.1) is 6.04 Å². The minimum atomic E-state index is -0.385. The molecule has 1 aliphatic rings. The first-order valence-electron chi connectivity index (χ1n) is 6.25. The van der Waals surface area contributed by atoms with Crippen molar-refractivity contribution in [1.82, 2.24) is 15.5 Å². The molecule has 1 fully saturated rings. The second-order valence-electron chi connectivity index (χ2n) is 4.84. The molecule has 0 radical (unpaired) electrons. The highest BCUT2D eigenvalue weighted by Gasteiger charge is 2.33. The summed E-state index contributed by atoms with van der Waals surface area (Å²) in [7, 11) is 1.59. The zero-order valence-electron chi connectivity index (χ0n) is 11.1. The number of likely N-dealkylation sites (N-methyl/N-ethyl adjacent to an activating group) is 1. The number of piperidine rings is 1. The smallest absolute Gasteiger partial charge is 0.242 e. The highest BCUT2D eigenvalue weighted by atomic mass is 16.2. The van der Waals surface area contributed by atoms with Gasteiger partial charge < -0.3 is 15.5 Å². The van der Waals surface area contributed by atoms with E-state index in [1.807, 2.05) is 13.8 Å². The van der Waals surface area contributed by atoms with E-state index in [-0.39, 0.29) is 29.9 Å². The van der Waals surface area contributed by atoms with Crippen molar-refractivity contribution in [2.45, 2.75) is 51.7 Å². The Balaban J connectivity index is 2.67. The van der Waals surface area contributed by atoms with E-state index >= 15 is 0 Å². The van der Waals surface area contributed by atoms with E-state index in [0.29, 0.717) is 6.54 Å². The van der Waals surface area contributed by atoms with Crippen LogP contribution in [0.4, 0.5) is 0 Å². The number of rotatable bonds is 4. The predicted molar refractivity (Wildman–Crippen MR) is 66.5 cm³/mol. The van der Waals surface area contributed by atoms with E-state index in [0.717, 1.165) is 12.8 Å². The summed E-state index contributed by atoms with van der Waals surface area (Å²) < 4.78 is 0.